The predicted octanol–water partition coefficient (Wildman–Crippen LogP) is 2.49. The fraction of sp³-hybridized carbons (Fsp3) is 0.786. The molecule has 3 atom stereocenters. The molecule has 1 aliphatic carbocycles. The van der Waals surface area contributed by atoms with E-state index in [1.54, 1.807) is 0 Å². The van der Waals surface area contributed by atoms with E-state index in [4.69, 9.17) is 0 Å². The zero-order valence-corrected chi connectivity index (χ0v) is 11.3. The van der Waals surface area contributed by atoms with Crippen LogP contribution >= 0.6 is 0 Å². The van der Waals surface area contributed by atoms with Gasteiger partial charge >= 0.3 is 0 Å². The molecular weight excluding hydrogens is 212 g/mol. The molecule has 1 heterocycles. The molecule has 0 aliphatic heterocycles. The van der Waals surface area contributed by atoms with Crippen molar-refractivity contribution in [3.05, 3.63) is 18.0 Å². The van der Waals surface area contributed by atoms with E-state index in [9.17, 15) is 5.11 Å². The largest absolute Gasteiger partial charge is 0.393 e. The number of hydrogen-bond acceptors (Lipinski definition) is 2. The van der Waals surface area contributed by atoms with Crippen LogP contribution in [-0.4, -0.2) is 21.0 Å². The molecule has 96 valence electrons. The highest BCUT2D eigenvalue weighted by molar-refractivity contribution is 5.16. The van der Waals surface area contributed by atoms with Crippen molar-refractivity contribution < 1.29 is 5.11 Å². The van der Waals surface area contributed by atoms with Crippen molar-refractivity contribution >= 4 is 0 Å². The van der Waals surface area contributed by atoms with E-state index in [2.05, 4.69) is 31.9 Å². The van der Waals surface area contributed by atoms with Crippen molar-refractivity contribution in [2.24, 2.45) is 18.9 Å². The van der Waals surface area contributed by atoms with Gasteiger partial charge in [0.25, 0.3) is 0 Å². The predicted molar refractivity (Wildman–Crippen MR) is 68.7 cm³/mol. The maximum Gasteiger partial charge on any atom is 0.0579 e. The highest BCUT2D eigenvalue weighted by Gasteiger charge is 2.40. The Hall–Kier alpha value is -0.830. The molecule has 0 bridgehead atoms. The van der Waals surface area contributed by atoms with Crippen LogP contribution in [0.5, 0.6) is 0 Å². The molecule has 3 nitrogen and oxygen atoms in total. The highest BCUT2D eigenvalue weighted by atomic mass is 16.3. The Morgan fingerprint density at radius 3 is 2.65 bits per heavy atom. The van der Waals surface area contributed by atoms with Gasteiger partial charge in [-0.25, -0.2) is 0 Å². The third-order valence-electron chi connectivity index (χ3n) is 4.49. The fourth-order valence-electron chi connectivity index (χ4n) is 3.39. The summed E-state index contributed by atoms with van der Waals surface area (Å²) < 4.78 is 1.94. The van der Waals surface area contributed by atoms with Crippen LogP contribution in [0.1, 0.15) is 45.7 Å². The lowest BCUT2D eigenvalue weighted by molar-refractivity contribution is 0.0123. The van der Waals surface area contributed by atoms with Crippen LogP contribution in [0, 0.1) is 11.8 Å². The van der Waals surface area contributed by atoms with Gasteiger partial charge in [-0.15, -0.1) is 0 Å². The molecule has 1 N–H and O–H groups in total. The zero-order valence-electron chi connectivity index (χ0n) is 11.3. The maximum absolute atomic E-state index is 10.3. The fourth-order valence-corrected chi connectivity index (χ4v) is 3.39. The Kier molecular flexibility index (Phi) is 3.30. The molecule has 3 heteroatoms. The van der Waals surface area contributed by atoms with E-state index in [1.165, 1.54) is 12.1 Å². The van der Waals surface area contributed by atoms with Gasteiger partial charge in [0.2, 0.25) is 0 Å². The molecule has 2 rings (SSSR count). The number of nitrogens with zero attached hydrogens (tertiary/aromatic N) is 2. The Morgan fingerprint density at radius 2 is 2.12 bits per heavy atom. The van der Waals surface area contributed by atoms with Gasteiger partial charge in [0, 0.05) is 24.4 Å². The van der Waals surface area contributed by atoms with Crippen molar-refractivity contribution in [3.8, 4) is 0 Å². The molecule has 0 spiro atoms. The molecule has 1 aliphatic rings. The van der Waals surface area contributed by atoms with Crippen molar-refractivity contribution in [3.63, 3.8) is 0 Å². The highest BCUT2D eigenvalue weighted by Crippen LogP contribution is 2.42. The van der Waals surface area contributed by atoms with Gasteiger partial charge in [0.1, 0.15) is 0 Å². The van der Waals surface area contributed by atoms with Crippen LogP contribution in [-0.2, 0) is 12.5 Å². The van der Waals surface area contributed by atoms with E-state index >= 15 is 0 Å². The van der Waals surface area contributed by atoms with E-state index in [-0.39, 0.29) is 11.5 Å². The van der Waals surface area contributed by atoms with Crippen LogP contribution in [0.2, 0.25) is 0 Å². The first-order chi connectivity index (χ1) is 7.93. The van der Waals surface area contributed by atoms with Crippen LogP contribution in [0.3, 0.4) is 0 Å². The van der Waals surface area contributed by atoms with Crippen LogP contribution in [0.15, 0.2) is 12.3 Å². The van der Waals surface area contributed by atoms with E-state index in [0.717, 1.165) is 12.8 Å². The maximum atomic E-state index is 10.3. The second-order valence-electron chi connectivity index (χ2n) is 6.15. The number of aryl methyl sites for hydroxylation is 1. The lowest BCUT2D eigenvalue weighted by atomic mass is 9.66. The summed E-state index contributed by atoms with van der Waals surface area (Å²) >= 11 is 0. The number of rotatable bonds is 2. The molecule has 0 aromatic carbocycles. The molecular formula is C14H24N2O. The number of aromatic nitrogens is 2. The normalized spacial score (nSPS) is 30.5. The van der Waals surface area contributed by atoms with Crippen LogP contribution in [0.25, 0.3) is 0 Å². The SMILES string of the molecule is CC1CCC(C(C)(C)c2ccnn2C)C(O)C1. The van der Waals surface area contributed by atoms with Gasteiger partial charge in [0.15, 0.2) is 0 Å². The Morgan fingerprint density at radius 1 is 1.41 bits per heavy atom. The molecule has 3 unspecified atom stereocenters. The van der Waals surface area contributed by atoms with Crippen LogP contribution < -0.4 is 0 Å². The Labute approximate surface area is 104 Å². The summed E-state index contributed by atoms with van der Waals surface area (Å²) in [4.78, 5) is 0. The van der Waals surface area contributed by atoms with Crippen molar-refractivity contribution in [2.75, 3.05) is 0 Å². The minimum atomic E-state index is -0.177. The number of hydrogen-bond donors (Lipinski definition) is 1. The van der Waals surface area contributed by atoms with Crippen molar-refractivity contribution in [2.45, 2.75) is 51.6 Å². The van der Waals surface area contributed by atoms with E-state index in [0.29, 0.717) is 11.8 Å². The lowest BCUT2D eigenvalue weighted by Gasteiger charge is -2.42. The van der Waals surface area contributed by atoms with Crippen molar-refractivity contribution in [1.82, 2.24) is 9.78 Å². The Balaban J connectivity index is 2.24. The molecule has 1 aromatic rings. The topological polar surface area (TPSA) is 38.0 Å². The molecule has 0 amide bonds. The molecule has 1 fully saturated rings. The molecule has 0 radical (unpaired) electrons. The standard InChI is InChI=1S/C14H24N2O/c1-10-5-6-11(12(17)9-10)14(2,3)13-7-8-15-16(13)4/h7-8,10-12,17H,5-6,9H2,1-4H3. The lowest BCUT2D eigenvalue weighted by Crippen LogP contribution is -2.42. The average Bonchev–Trinajstić information content (AvgIpc) is 2.64. The van der Waals surface area contributed by atoms with Crippen molar-refractivity contribution in [1.29, 1.82) is 0 Å². The Bertz CT molecular complexity index is 383. The second kappa shape index (κ2) is 4.45. The molecule has 1 saturated carbocycles. The monoisotopic (exact) mass is 236 g/mol. The smallest absolute Gasteiger partial charge is 0.0579 e. The zero-order chi connectivity index (χ0) is 12.6. The first-order valence-corrected chi connectivity index (χ1v) is 6.59. The second-order valence-corrected chi connectivity index (χ2v) is 6.15. The summed E-state index contributed by atoms with van der Waals surface area (Å²) in [6.45, 7) is 6.69. The van der Waals surface area contributed by atoms with Gasteiger partial charge < -0.3 is 5.11 Å². The van der Waals surface area contributed by atoms with Gasteiger partial charge in [-0.2, -0.15) is 5.10 Å². The minimum absolute atomic E-state index is 0.00912. The summed E-state index contributed by atoms with van der Waals surface area (Å²) in [6, 6.07) is 2.07. The van der Waals surface area contributed by atoms with Gasteiger partial charge in [-0.1, -0.05) is 27.2 Å². The van der Waals surface area contributed by atoms with E-state index in [1.807, 2.05) is 17.9 Å². The first-order valence-electron chi connectivity index (χ1n) is 6.59. The first kappa shape index (κ1) is 12.6. The molecule has 0 saturated heterocycles. The van der Waals surface area contributed by atoms with Gasteiger partial charge in [-0.05, 0) is 30.7 Å². The van der Waals surface area contributed by atoms with Gasteiger partial charge in [0.05, 0.1) is 6.10 Å². The summed E-state index contributed by atoms with van der Waals surface area (Å²) in [5.74, 6) is 0.998. The average molecular weight is 236 g/mol. The van der Waals surface area contributed by atoms with Gasteiger partial charge in [-0.3, -0.25) is 4.68 Å². The number of aliphatic hydroxyl groups is 1. The summed E-state index contributed by atoms with van der Waals surface area (Å²) in [6.07, 6.45) is 4.94. The summed E-state index contributed by atoms with van der Waals surface area (Å²) in [7, 11) is 1.98. The van der Waals surface area contributed by atoms with E-state index < -0.39 is 0 Å². The summed E-state index contributed by atoms with van der Waals surface area (Å²) in [5.41, 5.74) is 1.21. The molecule has 1 aromatic heterocycles. The third kappa shape index (κ3) is 2.25. The quantitative estimate of drug-likeness (QED) is 0.856. The molecule has 17 heavy (non-hydrogen) atoms. The summed E-state index contributed by atoms with van der Waals surface area (Å²) in [5, 5.41) is 14.6. The third-order valence-corrected chi connectivity index (χ3v) is 4.49. The number of aliphatic hydroxyl groups excluding tert-OH is 1. The van der Waals surface area contributed by atoms with Crippen LogP contribution in [0.4, 0.5) is 0 Å². The minimum Gasteiger partial charge on any atom is -0.393 e.